The summed E-state index contributed by atoms with van der Waals surface area (Å²) in [6, 6.07) is 1.67. The molecule has 0 aromatic heterocycles. The minimum atomic E-state index is 0.782. The van der Waals surface area contributed by atoms with Gasteiger partial charge in [-0.3, -0.25) is 9.80 Å². The summed E-state index contributed by atoms with van der Waals surface area (Å²) >= 11 is 1.98. The maximum Gasteiger partial charge on any atom is 0.0224 e. The highest BCUT2D eigenvalue weighted by atomic mass is 32.2. The van der Waals surface area contributed by atoms with Crippen molar-refractivity contribution in [2.45, 2.75) is 51.1 Å². The van der Waals surface area contributed by atoms with E-state index in [1.54, 1.807) is 0 Å². The summed E-state index contributed by atoms with van der Waals surface area (Å²) in [5, 5.41) is 0. The molecule has 3 heteroatoms. The van der Waals surface area contributed by atoms with Crippen LogP contribution in [-0.2, 0) is 0 Å². The third kappa shape index (κ3) is 3.87. The van der Waals surface area contributed by atoms with E-state index < -0.39 is 0 Å². The summed E-state index contributed by atoms with van der Waals surface area (Å²) in [6.07, 6.45) is 9.30. The zero-order chi connectivity index (χ0) is 12.1. The van der Waals surface area contributed by atoms with Crippen molar-refractivity contribution in [2.24, 2.45) is 0 Å². The molecule has 2 aliphatic heterocycles. The van der Waals surface area contributed by atoms with Crippen molar-refractivity contribution in [2.75, 3.05) is 38.2 Å². The van der Waals surface area contributed by atoms with Crippen molar-refractivity contribution in [3.63, 3.8) is 0 Å². The molecular formula is C14H28N2S. The normalized spacial score (nSPS) is 30.7. The van der Waals surface area contributed by atoms with E-state index in [0.717, 1.165) is 12.1 Å². The summed E-state index contributed by atoms with van der Waals surface area (Å²) in [4.78, 5) is 5.46. The van der Waals surface area contributed by atoms with Gasteiger partial charge in [-0.1, -0.05) is 6.42 Å². The molecule has 0 saturated carbocycles. The van der Waals surface area contributed by atoms with Crippen LogP contribution in [0.1, 0.15) is 39.0 Å². The molecule has 2 nitrogen and oxygen atoms in total. The minimum Gasteiger partial charge on any atom is -0.298 e. The van der Waals surface area contributed by atoms with E-state index in [4.69, 9.17) is 0 Å². The smallest absolute Gasteiger partial charge is 0.0224 e. The topological polar surface area (TPSA) is 6.48 Å². The monoisotopic (exact) mass is 256 g/mol. The summed E-state index contributed by atoms with van der Waals surface area (Å²) in [7, 11) is 0. The van der Waals surface area contributed by atoms with Gasteiger partial charge >= 0.3 is 0 Å². The summed E-state index contributed by atoms with van der Waals surface area (Å²) in [6.45, 7) is 7.76. The highest BCUT2D eigenvalue weighted by Crippen LogP contribution is 2.24. The van der Waals surface area contributed by atoms with Crippen LogP contribution in [0.25, 0.3) is 0 Å². The van der Waals surface area contributed by atoms with Gasteiger partial charge in [-0.2, -0.15) is 11.8 Å². The number of thioether (sulfide) groups is 1. The van der Waals surface area contributed by atoms with Crippen molar-refractivity contribution in [3.05, 3.63) is 0 Å². The zero-order valence-corrected chi connectivity index (χ0v) is 12.3. The lowest BCUT2D eigenvalue weighted by atomic mass is 10.1. The summed E-state index contributed by atoms with van der Waals surface area (Å²) < 4.78 is 0. The van der Waals surface area contributed by atoms with E-state index >= 15 is 0 Å². The van der Waals surface area contributed by atoms with Gasteiger partial charge in [0.05, 0.1) is 0 Å². The highest BCUT2D eigenvalue weighted by Gasteiger charge is 2.33. The number of fused-ring (bicyclic) bond motifs is 1. The first-order valence-electron chi connectivity index (χ1n) is 7.28. The second-order valence-corrected chi connectivity index (χ2v) is 6.67. The van der Waals surface area contributed by atoms with Crippen LogP contribution in [0.4, 0.5) is 0 Å². The van der Waals surface area contributed by atoms with Gasteiger partial charge in [-0.05, 0) is 57.7 Å². The third-order valence-corrected chi connectivity index (χ3v) is 5.06. The largest absolute Gasteiger partial charge is 0.298 e. The molecule has 0 radical (unpaired) electrons. The molecule has 0 N–H and O–H groups in total. The average Bonchev–Trinajstić information content (AvgIpc) is 2.76. The lowest BCUT2D eigenvalue weighted by molar-refractivity contribution is 0.0584. The Morgan fingerprint density at radius 2 is 2.06 bits per heavy atom. The van der Waals surface area contributed by atoms with Crippen molar-refractivity contribution < 1.29 is 0 Å². The Morgan fingerprint density at radius 1 is 1.18 bits per heavy atom. The molecule has 17 heavy (non-hydrogen) atoms. The number of hydrogen-bond acceptors (Lipinski definition) is 3. The number of unbranched alkanes of at least 4 members (excludes halogenated alkanes) is 2. The molecule has 2 unspecified atom stereocenters. The van der Waals surface area contributed by atoms with Crippen molar-refractivity contribution in [3.8, 4) is 0 Å². The molecule has 0 bridgehead atoms. The van der Waals surface area contributed by atoms with Crippen LogP contribution in [0, 0.1) is 0 Å². The summed E-state index contributed by atoms with van der Waals surface area (Å²) in [5.41, 5.74) is 0. The second kappa shape index (κ2) is 7.01. The number of hydrogen-bond donors (Lipinski definition) is 0. The first-order chi connectivity index (χ1) is 8.31. The predicted octanol–water partition coefficient (Wildman–Crippen LogP) is 2.69. The Morgan fingerprint density at radius 3 is 2.88 bits per heavy atom. The Hall–Kier alpha value is 0.270. The van der Waals surface area contributed by atoms with Crippen LogP contribution in [-0.4, -0.2) is 60.1 Å². The van der Waals surface area contributed by atoms with Crippen LogP contribution in [0.15, 0.2) is 0 Å². The summed E-state index contributed by atoms with van der Waals surface area (Å²) in [5.74, 6) is 1.34. The SMILES string of the molecule is CSCCCCCN1CC2CCCN2CC1C. The van der Waals surface area contributed by atoms with Gasteiger partial charge < -0.3 is 0 Å². The molecule has 0 aromatic rings. The Kier molecular flexibility index (Phi) is 5.64. The third-order valence-electron chi connectivity index (χ3n) is 4.36. The maximum absolute atomic E-state index is 2.74. The quantitative estimate of drug-likeness (QED) is 0.675. The van der Waals surface area contributed by atoms with Gasteiger partial charge in [0.2, 0.25) is 0 Å². The fourth-order valence-corrected chi connectivity index (χ4v) is 3.79. The molecule has 100 valence electrons. The van der Waals surface area contributed by atoms with E-state index in [0.29, 0.717) is 0 Å². The molecular weight excluding hydrogens is 228 g/mol. The number of piperazine rings is 1. The molecule has 0 spiro atoms. The van der Waals surface area contributed by atoms with Crippen molar-refractivity contribution in [1.82, 2.24) is 9.80 Å². The number of nitrogens with zero attached hydrogens (tertiary/aromatic N) is 2. The first kappa shape index (κ1) is 13.7. The molecule has 2 saturated heterocycles. The van der Waals surface area contributed by atoms with Crippen LogP contribution in [0.2, 0.25) is 0 Å². The Bertz CT molecular complexity index is 222. The van der Waals surface area contributed by atoms with Crippen LogP contribution >= 0.6 is 11.8 Å². The van der Waals surface area contributed by atoms with Crippen molar-refractivity contribution in [1.29, 1.82) is 0 Å². The number of rotatable bonds is 6. The van der Waals surface area contributed by atoms with Gasteiger partial charge in [0.15, 0.2) is 0 Å². The van der Waals surface area contributed by atoms with Gasteiger partial charge in [0, 0.05) is 25.2 Å². The van der Waals surface area contributed by atoms with Gasteiger partial charge in [0.1, 0.15) is 0 Å². The predicted molar refractivity (Wildman–Crippen MR) is 77.9 cm³/mol. The molecule has 0 amide bonds. The van der Waals surface area contributed by atoms with E-state index in [1.165, 1.54) is 64.0 Å². The molecule has 2 fully saturated rings. The Balaban J connectivity index is 1.66. The minimum absolute atomic E-state index is 0.782. The van der Waals surface area contributed by atoms with E-state index in [2.05, 4.69) is 23.0 Å². The van der Waals surface area contributed by atoms with E-state index in [9.17, 15) is 0 Å². The first-order valence-corrected chi connectivity index (χ1v) is 8.67. The van der Waals surface area contributed by atoms with E-state index in [1.807, 2.05) is 11.8 Å². The molecule has 2 aliphatic rings. The highest BCUT2D eigenvalue weighted by molar-refractivity contribution is 7.98. The van der Waals surface area contributed by atoms with Gasteiger partial charge in [-0.25, -0.2) is 0 Å². The van der Waals surface area contributed by atoms with Crippen LogP contribution < -0.4 is 0 Å². The Labute approximate surface area is 111 Å². The molecule has 2 rings (SSSR count). The fraction of sp³-hybridized carbons (Fsp3) is 1.00. The molecule has 2 heterocycles. The van der Waals surface area contributed by atoms with Gasteiger partial charge in [0.25, 0.3) is 0 Å². The zero-order valence-electron chi connectivity index (χ0n) is 11.5. The van der Waals surface area contributed by atoms with Crippen molar-refractivity contribution >= 4 is 11.8 Å². The molecule has 2 atom stereocenters. The van der Waals surface area contributed by atoms with Crippen LogP contribution in [0.5, 0.6) is 0 Å². The maximum atomic E-state index is 2.74. The van der Waals surface area contributed by atoms with E-state index in [-0.39, 0.29) is 0 Å². The average molecular weight is 256 g/mol. The lowest BCUT2D eigenvalue weighted by Gasteiger charge is -2.42. The standard InChI is InChI=1S/C14H28N2S/c1-13-11-16-9-6-7-14(16)12-15(13)8-4-3-5-10-17-2/h13-14H,3-12H2,1-2H3. The van der Waals surface area contributed by atoms with Crippen LogP contribution in [0.3, 0.4) is 0 Å². The van der Waals surface area contributed by atoms with Gasteiger partial charge in [-0.15, -0.1) is 0 Å². The second-order valence-electron chi connectivity index (χ2n) is 5.69. The molecule has 0 aliphatic carbocycles. The fourth-order valence-electron chi connectivity index (χ4n) is 3.30. The molecule has 0 aromatic carbocycles. The lowest BCUT2D eigenvalue weighted by Crippen LogP contribution is -2.54.